The summed E-state index contributed by atoms with van der Waals surface area (Å²) in [7, 11) is 0. The lowest BCUT2D eigenvalue weighted by molar-refractivity contribution is 0.0958. The highest BCUT2D eigenvalue weighted by Crippen LogP contribution is 2.28. The van der Waals surface area contributed by atoms with Gasteiger partial charge in [0.2, 0.25) is 0 Å². The zero-order chi connectivity index (χ0) is 13.0. The van der Waals surface area contributed by atoms with Crippen LogP contribution in [0.1, 0.15) is 23.0 Å². The molecular formula is C11H18N4O2S. The molecule has 0 atom stereocenters. The molecule has 1 amide bonds. The van der Waals surface area contributed by atoms with E-state index in [1.165, 1.54) is 11.3 Å². The van der Waals surface area contributed by atoms with E-state index in [9.17, 15) is 4.79 Å². The molecular weight excluding hydrogens is 252 g/mol. The lowest BCUT2D eigenvalue weighted by Crippen LogP contribution is -2.36. The molecule has 0 unspecified atom stereocenters. The number of amides is 1. The van der Waals surface area contributed by atoms with Crippen LogP contribution in [0.2, 0.25) is 0 Å². The van der Waals surface area contributed by atoms with E-state index < -0.39 is 0 Å². The molecule has 1 aliphatic rings. The first-order valence-electron chi connectivity index (χ1n) is 6.09. The van der Waals surface area contributed by atoms with Crippen molar-refractivity contribution in [1.29, 1.82) is 0 Å². The van der Waals surface area contributed by atoms with Crippen LogP contribution in [0.25, 0.3) is 0 Å². The summed E-state index contributed by atoms with van der Waals surface area (Å²) in [4.78, 5) is 18.7. The third kappa shape index (κ3) is 2.91. The summed E-state index contributed by atoms with van der Waals surface area (Å²) in [5.74, 6) is 0.182. The lowest BCUT2D eigenvalue weighted by atomic mass is 10.4. The predicted octanol–water partition coefficient (Wildman–Crippen LogP) is 0.702. The Bertz CT molecular complexity index is 415. The molecule has 100 valence electrons. The molecule has 1 aromatic rings. The number of thiazole rings is 1. The molecule has 2 heterocycles. The molecule has 18 heavy (non-hydrogen) atoms. The number of hydrogen-bond donors (Lipinski definition) is 2. The Hall–Kier alpha value is -1.34. The molecule has 3 N–H and O–H groups in total. The van der Waals surface area contributed by atoms with Gasteiger partial charge in [0.15, 0.2) is 5.13 Å². The summed E-state index contributed by atoms with van der Waals surface area (Å²) in [5, 5.41) is 3.62. The van der Waals surface area contributed by atoms with E-state index in [1.807, 2.05) is 6.92 Å². The summed E-state index contributed by atoms with van der Waals surface area (Å²) in [5.41, 5.74) is 5.80. The van der Waals surface area contributed by atoms with Gasteiger partial charge in [-0.05, 0) is 6.42 Å². The van der Waals surface area contributed by atoms with Gasteiger partial charge >= 0.3 is 0 Å². The average molecular weight is 270 g/mol. The Balaban J connectivity index is 2.08. The fraction of sp³-hybridized carbons (Fsp3) is 0.636. The average Bonchev–Trinajstić information content (AvgIpc) is 2.79. The van der Waals surface area contributed by atoms with E-state index in [0.29, 0.717) is 30.5 Å². The number of carbonyl (C=O) groups is 1. The fourth-order valence-electron chi connectivity index (χ4n) is 1.69. The van der Waals surface area contributed by atoms with Gasteiger partial charge in [0.05, 0.1) is 13.2 Å². The molecule has 0 bridgehead atoms. The summed E-state index contributed by atoms with van der Waals surface area (Å²) < 4.78 is 5.28. The molecule has 0 spiro atoms. The molecule has 1 aliphatic heterocycles. The van der Waals surface area contributed by atoms with Gasteiger partial charge in [-0.25, -0.2) is 4.98 Å². The Morgan fingerprint density at radius 1 is 1.56 bits per heavy atom. The van der Waals surface area contributed by atoms with Gasteiger partial charge in [-0.3, -0.25) is 4.79 Å². The highest BCUT2D eigenvalue weighted by atomic mass is 32.1. The maximum Gasteiger partial charge on any atom is 0.265 e. The minimum absolute atomic E-state index is 0.133. The van der Waals surface area contributed by atoms with Crippen molar-refractivity contribution >= 4 is 28.2 Å². The molecule has 6 nitrogen and oxygen atoms in total. The first kappa shape index (κ1) is 13.1. The van der Waals surface area contributed by atoms with Crippen LogP contribution >= 0.6 is 11.3 Å². The molecule has 0 aromatic carbocycles. The molecule has 0 aliphatic carbocycles. The molecule has 7 heteroatoms. The van der Waals surface area contributed by atoms with Gasteiger partial charge in [0.25, 0.3) is 5.91 Å². The first-order valence-corrected chi connectivity index (χ1v) is 6.91. The van der Waals surface area contributed by atoms with E-state index in [-0.39, 0.29) is 5.91 Å². The highest BCUT2D eigenvalue weighted by molar-refractivity contribution is 7.18. The first-order chi connectivity index (χ1) is 8.72. The van der Waals surface area contributed by atoms with Crippen LogP contribution in [-0.4, -0.2) is 43.7 Å². The topological polar surface area (TPSA) is 80.5 Å². The van der Waals surface area contributed by atoms with Crippen molar-refractivity contribution in [2.45, 2.75) is 13.3 Å². The quantitative estimate of drug-likeness (QED) is 0.842. The number of nitrogens with one attached hydrogen (secondary N) is 1. The number of nitrogens with two attached hydrogens (primary N) is 1. The standard InChI is InChI=1S/C11H18N4O2S/c1-2-3-13-10(16)8-9(12)14-11(18-8)15-4-6-17-7-5-15/h2-7,12H2,1H3,(H,13,16). The number of aromatic nitrogens is 1. The smallest absolute Gasteiger partial charge is 0.265 e. The summed E-state index contributed by atoms with van der Waals surface area (Å²) in [6.45, 7) is 5.64. The number of hydrogen-bond acceptors (Lipinski definition) is 6. The highest BCUT2D eigenvalue weighted by Gasteiger charge is 2.20. The van der Waals surface area contributed by atoms with Crippen molar-refractivity contribution in [1.82, 2.24) is 10.3 Å². The van der Waals surface area contributed by atoms with Crippen LogP contribution in [0.5, 0.6) is 0 Å². The minimum atomic E-state index is -0.133. The molecule has 1 fully saturated rings. The van der Waals surface area contributed by atoms with Gasteiger partial charge in [-0.2, -0.15) is 0 Å². The van der Waals surface area contributed by atoms with Crippen LogP contribution < -0.4 is 16.0 Å². The molecule has 2 rings (SSSR count). The van der Waals surface area contributed by atoms with Crippen LogP contribution in [0, 0.1) is 0 Å². The summed E-state index contributed by atoms with van der Waals surface area (Å²) in [6, 6.07) is 0. The zero-order valence-electron chi connectivity index (χ0n) is 10.4. The molecule has 0 radical (unpaired) electrons. The second kappa shape index (κ2) is 6.01. The number of carbonyl (C=O) groups excluding carboxylic acids is 1. The number of ether oxygens (including phenoxy) is 1. The normalized spacial score (nSPS) is 15.7. The van der Waals surface area contributed by atoms with E-state index in [0.717, 1.165) is 24.6 Å². The van der Waals surface area contributed by atoms with Crippen LogP contribution in [0.15, 0.2) is 0 Å². The number of nitrogens with zero attached hydrogens (tertiary/aromatic N) is 2. The maximum absolute atomic E-state index is 11.9. The second-order valence-corrected chi connectivity index (χ2v) is 5.04. The van der Waals surface area contributed by atoms with Crippen molar-refractivity contribution in [2.75, 3.05) is 43.5 Å². The zero-order valence-corrected chi connectivity index (χ0v) is 11.3. The van der Waals surface area contributed by atoms with E-state index in [1.54, 1.807) is 0 Å². The molecule has 0 saturated carbocycles. The largest absolute Gasteiger partial charge is 0.382 e. The summed E-state index contributed by atoms with van der Waals surface area (Å²) in [6.07, 6.45) is 0.904. The fourth-order valence-corrected chi connectivity index (χ4v) is 2.64. The SMILES string of the molecule is CCCNC(=O)c1sc(N2CCOCC2)nc1N. The summed E-state index contributed by atoms with van der Waals surface area (Å²) >= 11 is 1.35. The van der Waals surface area contributed by atoms with Crippen molar-refractivity contribution in [3.8, 4) is 0 Å². The lowest BCUT2D eigenvalue weighted by Gasteiger charge is -2.25. The second-order valence-electron chi connectivity index (χ2n) is 4.07. The number of rotatable bonds is 4. The van der Waals surface area contributed by atoms with E-state index in [2.05, 4.69) is 15.2 Å². The maximum atomic E-state index is 11.9. The van der Waals surface area contributed by atoms with Crippen LogP contribution in [0.4, 0.5) is 10.9 Å². The van der Waals surface area contributed by atoms with Crippen molar-refractivity contribution in [2.24, 2.45) is 0 Å². The minimum Gasteiger partial charge on any atom is -0.382 e. The molecule has 1 saturated heterocycles. The Labute approximate surface area is 110 Å². The third-order valence-electron chi connectivity index (χ3n) is 2.67. The monoisotopic (exact) mass is 270 g/mol. The van der Waals surface area contributed by atoms with Gasteiger partial charge < -0.3 is 20.7 Å². The Morgan fingerprint density at radius 3 is 2.94 bits per heavy atom. The van der Waals surface area contributed by atoms with Crippen molar-refractivity contribution in [3.05, 3.63) is 4.88 Å². The van der Waals surface area contributed by atoms with Crippen LogP contribution in [0.3, 0.4) is 0 Å². The Kier molecular flexibility index (Phi) is 4.38. The Morgan fingerprint density at radius 2 is 2.28 bits per heavy atom. The predicted molar refractivity (Wildman–Crippen MR) is 72.2 cm³/mol. The van der Waals surface area contributed by atoms with Gasteiger partial charge in [-0.15, -0.1) is 0 Å². The molecule has 1 aromatic heterocycles. The number of nitrogen functional groups attached to an aromatic ring is 1. The van der Waals surface area contributed by atoms with Gasteiger partial charge in [0, 0.05) is 19.6 Å². The van der Waals surface area contributed by atoms with Gasteiger partial charge in [0.1, 0.15) is 10.7 Å². The van der Waals surface area contributed by atoms with E-state index >= 15 is 0 Å². The van der Waals surface area contributed by atoms with Gasteiger partial charge in [-0.1, -0.05) is 18.3 Å². The van der Waals surface area contributed by atoms with E-state index in [4.69, 9.17) is 10.5 Å². The van der Waals surface area contributed by atoms with Crippen LogP contribution in [-0.2, 0) is 4.74 Å². The number of anilines is 2. The third-order valence-corrected chi connectivity index (χ3v) is 3.80. The van der Waals surface area contributed by atoms with Crippen molar-refractivity contribution < 1.29 is 9.53 Å². The number of morpholine rings is 1. The van der Waals surface area contributed by atoms with Crippen molar-refractivity contribution in [3.63, 3.8) is 0 Å².